The summed E-state index contributed by atoms with van der Waals surface area (Å²) in [6, 6.07) is 15.0. The quantitative estimate of drug-likeness (QED) is 0.259. The van der Waals surface area contributed by atoms with E-state index in [9.17, 15) is 14.4 Å². The molecule has 3 heterocycles. The first-order valence-electron chi connectivity index (χ1n) is 13.0. The Hall–Kier alpha value is -4.22. The first-order valence-corrected chi connectivity index (χ1v) is 14.6. The summed E-state index contributed by atoms with van der Waals surface area (Å²) in [6.45, 7) is 5.26. The van der Waals surface area contributed by atoms with Crippen LogP contribution in [0.25, 0.3) is 17.4 Å². The molecule has 0 aliphatic carbocycles. The number of allylic oxidation sites excluding steroid dienone is 1. The van der Waals surface area contributed by atoms with E-state index in [0.717, 1.165) is 4.47 Å². The maximum atomic E-state index is 14.0. The van der Waals surface area contributed by atoms with Crippen molar-refractivity contribution in [3.8, 4) is 17.1 Å². The average Bonchev–Trinajstić information content (AvgIpc) is 3.55. The maximum absolute atomic E-state index is 14.0. The van der Waals surface area contributed by atoms with E-state index in [-0.39, 0.29) is 17.2 Å². The number of nitrogens with zero attached hydrogens (tertiary/aromatic N) is 2. The molecule has 2 aromatic heterocycles. The van der Waals surface area contributed by atoms with E-state index in [1.165, 1.54) is 30.1 Å². The summed E-state index contributed by atoms with van der Waals surface area (Å²) in [4.78, 5) is 44.4. The normalized spacial score (nSPS) is 14.9. The monoisotopic (exact) mass is 650 g/mol. The van der Waals surface area contributed by atoms with Crippen LogP contribution in [0.3, 0.4) is 0 Å². The second kappa shape index (κ2) is 11.9. The Morgan fingerprint density at radius 3 is 2.60 bits per heavy atom. The molecule has 0 saturated heterocycles. The number of fused-ring (bicyclic) bond motifs is 1. The molecule has 0 saturated carbocycles. The topological polar surface area (TPSA) is 109 Å². The van der Waals surface area contributed by atoms with Crippen molar-refractivity contribution in [2.75, 3.05) is 14.2 Å². The summed E-state index contributed by atoms with van der Waals surface area (Å²) in [5, 5.41) is 0. The highest BCUT2D eigenvalue weighted by atomic mass is 79.9. The molecule has 0 unspecified atom stereocenters. The number of thiazole rings is 1. The Bertz CT molecular complexity index is 1920. The zero-order valence-corrected chi connectivity index (χ0v) is 25.9. The number of esters is 2. The van der Waals surface area contributed by atoms with Crippen molar-refractivity contribution < 1.29 is 28.2 Å². The second-order valence-electron chi connectivity index (χ2n) is 9.70. The van der Waals surface area contributed by atoms with Crippen molar-refractivity contribution >= 4 is 45.3 Å². The fourth-order valence-electron chi connectivity index (χ4n) is 4.71. The standard InChI is InChI=1S/C31H27BrN2O7S/c1-16(2)40-30(37)26-17(3)33-31-34(27(26)22-14-20(32)9-11-24(22)38-4)28(35)25(42-31)15-21-10-12-23(41-21)18-7-6-8-19(13-18)29(36)39-5/h6-16,27H,1-5H3/b25-15-/t27-/m0/s1. The molecular weight excluding hydrogens is 624 g/mol. The number of aromatic nitrogens is 1. The zero-order chi connectivity index (χ0) is 30.1. The fraction of sp³-hybridized carbons (Fsp3) is 0.226. The van der Waals surface area contributed by atoms with Crippen molar-refractivity contribution in [3.05, 3.63) is 107 Å². The van der Waals surface area contributed by atoms with Gasteiger partial charge in [0.2, 0.25) is 0 Å². The molecule has 0 fully saturated rings. The van der Waals surface area contributed by atoms with E-state index in [2.05, 4.69) is 20.9 Å². The lowest BCUT2D eigenvalue weighted by molar-refractivity contribution is -0.143. The van der Waals surface area contributed by atoms with E-state index in [1.807, 2.05) is 18.2 Å². The highest BCUT2D eigenvalue weighted by molar-refractivity contribution is 9.10. The van der Waals surface area contributed by atoms with Crippen LogP contribution in [0.15, 0.2) is 84.5 Å². The molecule has 1 aliphatic heterocycles. The number of furan rings is 1. The van der Waals surface area contributed by atoms with Crippen molar-refractivity contribution in [1.82, 2.24) is 4.57 Å². The van der Waals surface area contributed by atoms with Crippen LogP contribution in [0.1, 0.15) is 48.5 Å². The summed E-state index contributed by atoms with van der Waals surface area (Å²) in [7, 11) is 2.86. The van der Waals surface area contributed by atoms with Crippen LogP contribution >= 0.6 is 27.3 Å². The summed E-state index contributed by atoms with van der Waals surface area (Å²) in [5.74, 6) is 0.453. The predicted molar refractivity (Wildman–Crippen MR) is 161 cm³/mol. The van der Waals surface area contributed by atoms with Gasteiger partial charge in [-0.05, 0) is 63.2 Å². The third-order valence-corrected chi connectivity index (χ3v) is 8.02. The van der Waals surface area contributed by atoms with Crippen LogP contribution in [-0.2, 0) is 14.3 Å². The molecule has 0 radical (unpaired) electrons. The lowest BCUT2D eigenvalue weighted by atomic mass is 9.95. The Morgan fingerprint density at radius 2 is 1.88 bits per heavy atom. The Balaban J connectivity index is 1.64. The number of carbonyl (C=O) groups excluding carboxylic acids is 2. The number of carbonyl (C=O) groups is 2. The molecule has 216 valence electrons. The molecular formula is C31H27BrN2O7S. The minimum Gasteiger partial charge on any atom is -0.496 e. The zero-order valence-electron chi connectivity index (χ0n) is 23.5. The smallest absolute Gasteiger partial charge is 0.338 e. The molecule has 11 heteroatoms. The second-order valence-corrected chi connectivity index (χ2v) is 11.6. The van der Waals surface area contributed by atoms with E-state index in [4.69, 9.17) is 18.6 Å². The van der Waals surface area contributed by atoms with Gasteiger partial charge in [-0.15, -0.1) is 0 Å². The molecule has 0 amide bonds. The van der Waals surface area contributed by atoms with Gasteiger partial charge in [-0.3, -0.25) is 9.36 Å². The minimum atomic E-state index is -0.838. The van der Waals surface area contributed by atoms with Crippen molar-refractivity contribution in [2.45, 2.75) is 32.9 Å². The third-order valence-electron chi connectivity index (χ3n) is 6.54. The molecule has 0 bridgehead atoms. The number of benzene rings is 2. The van der Waals surface area contributed by atoms with Gasteiger partial charge in [0.05, 0.1) is 41.7 Å². The first-order chi connectivity index (χ1) is 20.1. The molecule has 0 spiro atoms. The molecule has 9 nitrogen and oxygen atoms in total. The maximum Gasteiger partial charge on any atom is 0.338 e. The van der Waals surface area contributed by atoms with E-state index in [0.29, 0.717) is 49.0 Å². The number of ether oxygens (including phenoxy) is 3. The minimum absolute atomic E-state index is 0.254. The summed E-state index contributed by atoms with van der Waals surface area (Å²) >= 11 is 4.70. The third kappa shape index (κ3) is 5.62. The number of rotatable bonds is 7. The van der Waals surface area contributed by atoms with Gasteiger partial charge in [0.15, 0.2) is 4.80 Å². The van der Waals surface area contributed by atoms with E-state index >= 15 is 0 Å². The van der Waals surface area contributed by atoms with Crippen LogP contribution in [-0.4, -0.2) is 36.8 Å². The molecule has 2 aromatic carbocycles. The van der Waals surface area contributed by atoms with Crippen LogP contribution in [0.5, 0.6) is 5.75 Å². The number of hydrogen-bond acceptors (Lipinski definition) is 9. The molecule has 1 aliphatic rings. The van der Waals surface area contributed by atoms with Crippen LogP contribution in [0, 0.1) is 0 Å². The summed E-state index contributed by atoms with van der Waals surface area (Å²) in [5.41, 5.74) is 2.04. The molecule has 4 aromatic rings. The Kier molecular flexibility index (Phi) is 8.33. The van der Waals surface area contributed by atoms with Crippen molar-refractivity contribution in [3.63, 3.8) is 0 Å². The van der Waals surface area contributed by atoms with Crippen LogP contribution in [0.2, 0.25) is 0 Å². The van der Waals surface area contributed by atoms with Gasteiger partial charge < -0.3 is 18.6 Å². The lowest BCUT2D eigenvalue weighted by Gasteiger charge is -2.26. The highest BCUT2D eigenvalue weighted by Crippen LogP contribution is 2.37. The number of methoxy groups -OCH3 is 2. The Labute approximate surface area is 253 Å². The Morgan fingerprint density at radius 1 is 1.10 bits per heavy atom. The van der Waals surface area contributed by atoms with Gasteiger partial charge in [0.1, 0.15) is 23.3 Å². The lowest BCUT2D eigenvalue weighted by Crippen LogP contribution is -2.40. The van der Waals surface area contributed by atoms with Gasteiger partial charge >= 0.3 is 11.9 Å². The molecule has 0 N–H and O–H groups in total. The number of hydrogen-bond donors (Lipinski definition) is 0. The van der Waals surface area contributed by atoms with Crippen LogP contribution < -0.4 is 19.6 Å². The van der Waals surface area contributed by atoms with E-state index in [1.54, 1.807) is 63.2 Å². The molecule has 5 rings (SSSR count). The SMILES string of the molecule is COC(=O)c1cccc(-c2ccc(/C=c3\sc4n(c3=O)[C@@H](c3cc(Br)ccc3OC)C(C(=O)OC(C)C)=C(C)N=4)o2)c1. The number of halogens is 1. The van der Waals surface area contributed by atoms with E-state index < -0.39 is 18.0 Å². The van der Waals surface area contributed by atoms with Gasteiger partial charge in [0, 0.05) is 21.7 Å². The van der Waals surface area contributed by atoms with Gasteiger partial charge in [0.25, 0.3) is 5.56 Å². The largest absolute Gasteiger partial charge is 0.496 e. The average molecular weight is 652 g/mol. The predicted octanol–water partition coefficient (Wildman–Crippen LogP) is 5.00. The molecule has 42 heavy (non-hydrogen) atoms. The summed E-state index contributed by atoms with van der Waals surface area (Å²) < 4.78 is 24.7. The van der Waals surface area contributed by atoms with Crippen LogP contribution in [0.4, 0.5) is 0 Å². The summed E-state index contributed by atoms with van der Waals surface area (Å²) in [6.07, 6.45) is 1.27. The highest BCUT2D eigenvalue weighted by Gasteiger charge is 2.35. The molecule has 1 atom stereocenters. The first kappa shape index (κ1) is 29.3. The van der Waals surface area contributed by atoms with Gasteiger partial charge in [-0.1, -0.05) is 39.4 Å². The van der Waals surface area contributed by atoms with Crippen molar-refractivity contribution in [2.24, 2.45) is 4.99 Å². The van der Waals surface area contributed by atoms with Gasteiger partial charge in [-0.2, -0.15) is 0 Å². The van der Waals surface area contributed by atoms with Gasteiger partial charge in [-0.25, -0.2) is 14.6 Å². The van der Waals surface area contributed by atoms with Crippen molar-refractivity contribution in [1.29, 1.82) is 0 Å². The fourth-order valence-corrected chi connectivity index (χ4v) is 6.11.